The molecule has 3 amide bonds. The molecular weight excluding hydrogens is 222 g/mol. The van der Waals surface area contributed by atoms with E-state index in [1.54, 1.807) is 24.4 Å². The molecule has 1 atom stereocenters. The Morgan fingerprint density at radius 3 is 2.88 bits per heavy atom. The number of imide groups is 1. The van der Waals surface area contributed by atoms with E-state index in [-0.39, 0.29) is 18.7 Å². The molecule has 1 saturated heterocycles. The van der Waals surface area contributed by atoms with Crippen molar-refractivity contribution in [2.75, 3.05) is 5.32 Å². The van der Waals surface area contributed by atoms with Crippen LogP contribution in [0.25, 0.3) is 0 Å². The number of nitrogens with zero attached hydrogens (tertiary/aromatic N) is 1. The SMILES string of the molecule is O=C1CCC(C(=O)Nc2ccccn2)C(=O)N1. The third-order valence-electron chi connectivity index (χ3n) is 2.47. The van der Waals surface area contributed by atoms with E-state index < -0.39 is 17.7 Å². The first-order chi connectivity index (χ1) is 8.16. The predicted octanol–water partition coefficient (Wildman–Crippen LogP) is 0.0729. The molecule has 0 saturated carbocycles. The molecule has 1 unspecified atom stereocenters. The van der Waals surface area contributed by atoms with E-state index in [9.17, 15) is 14.4 Å². The summed E-state index contributed by atoms with van der Waals surface area (Å²) in [6.45, 7) is 0. The molecule has 0 radical (unpaired) electrons. The van der Waals surface area contributed by atoms with Crippen LogP contribution in [0.1, 0.15) is 12.8 Å². The number of anilines is 1. The van der Waals surface area contributed by atoms with Gasteiger partial charge in [0.15, 0.2) is 0 Å². The maximum atomic E-state index is 11.8. The minimum atomic E-state index is -0.824. The number of carbonyl (C=O) groups excluding carboxylic acids is 3. The van der Waals surface area contributed by atoms with E-state index in [1.165, 1.54) is 0 Å². The van der Waals surface area contributed by atoms with Crippen molar-refractivity contribution >= 4 is 23.5 Å². The van der Waals surface area contributed by atoms with E-state index in [4.69, 9.17) is 0 Å². The number of aromatic nitrogens is 1. The molecule has 1 aliphatic rings. The van der Waals surface area contributed by atoms with Crippen LogP contribution < -0.4 is 10.6 Å². The number of carbonyl (C=O) groups is 3. The van der Waals surface area contributed by atoms with Gasteiger partial charge in [-0.2, -0.15) is 0 Å². The van der Waals surface area contributed by atoms with E-state index in [0.29, 0.717) is 5.82 Å². The van der Waals surface area contributed by atoms with Crippen molar-refractivity contribution in [3.8, 4) is 0 Å². The van der Waals surface area contributed by atoms with Gasteiger partial charge in [0.25, 0.3) is 0 Å². The lowest BCUT2D eigenvalue weighted by Gasteiger charge is -2.19. The van der Waals surface area contributed by atoms with Crippen LogP contribution in [-0.2, 0) is 14.4 Å². The molecule has 0 aromatic carbocycles. The smallest absolute Gasteiger partial charge is 0.239 e. The van der Waals surface area contributed by atoms with Crippen molar-refractivity contribution in [3.63, 3.8) is 0 Å². The second kappa shape index (κ2) is 4.73. The first-order valence-corrected chi connectivity index (χ1v) is 5.22. The van der Waals surface area contributed by atoms with Crippen LogP contribution in [-0.4, -0.2) is 22.7 Å². The molecule has 0 bridgehead atoms. The molecule has 17 heavy (non-hydrogen) atoms. The highest BCUT2D eigenvalue weighted by Gasteiger charge is 2.32. The Kier molecular flexibility index (Phi) is 3.13. The third-order valence-corrected chi connectivity index (χ3v) is 2.47. The molecule has 6 heteroatoms. The number of pyridine rings is 1. The van der Waals surface area contributed by atoms with Gasteiger partial charge < -0.3 is 5.32 Å². The molecule has 0 aliphatic carbocycles. The minimum absolute atomic E-state index is 0.187. The lowest BCUT2D eigenvalue weighted by atomic mass is 9.97. The van der Waals surface area contributed by atoms with Crippen LogP contribution in [0.4, 0.5) is 5.82 Å². The summed E-state index contributed by atoms with van der Waals surface area (Å²) in [7, 11) is 0. The van der Waals surface area contributed by atoms with Gasteiger partial charge in [-0.15, -0.1) is 0 Å². The maximum absolute atomic E-state index is 11.8. The normalized spacial score (nSPS) is 19.6. The number of hydrogen-bond donors (Lipinski definition) is 2. The summed E-state index contributed by atoms with van der Waals surface area (Å²) in [6.07, 6.45) is 1.97. The van der Waals surface area contributed by atoms with E-state index in [2.05, 4.69) is 15.6 Å². The van der Waals surface area contributed by atoms with E-state index in [0.717, 1.165) is 0 Å². The van der Waals surface area contributed by atoms with Crippen LogP contribution in [0.15, 0.2) is 24.4 Å². The third kappa shape index (κ3) is 2.66. The van der Waals surface area contributed by atoms with Crippen molar-refractivity contribution < 1.29 is 14.4 Å². The molecule has 1 fully saturated rings. The van der Waals surface area contributed by atoms with Crippen LogP contribution in [0.2, 0.25) is 0 Å². The van der Waals surface area contributed by atoms with Gasteiger partial charge in [0.2, 0.25) is 17.7 Å². The molecule has 1 aromatic rings. The van der Waals surface area contributed by atoms with Crippen molar-refractivity contribution in [2.24, 2.45) is 5.92 Å². The van der Waals surface area contributed by atoms with Crippen LogP contribution in [0.3, 0.4) is 0 Å². The van der Waals surface area contributed by atoms with Crippen molar-refractivity contribution in [1.29, 1.82) is 0 Å². The van der Waals surface area contributed by atoms with Crippen LogP contribution in [0, 0.1) is 5.92 Å². The quantitative estimate of drug-likeness (QED) is 0.559. The van der Waals surface area contributed by atoms with Gasteiger partial charge in [0.1, 0.15) is 11.7 Å². The molecule has 6 nitrogen and oxygen atoms in total. The highest BCUT2D eigenvalue weighted by atomic mass is 16.2. The summed E-state index contributed by atoms with van der Waals surface area (Å²) >= 11 is 0. The number of amides is 3. The standard InChI is InChI=1S/C11H11N3O3/c15-9-5-4-7(11(17)14-9)10(16)13-8-3-1-2-6-12-8/h1-3,6-7H,4-5H2,(H,12,13,16)(H,14,15,17). The Hall–Kier alpha value is -2.24. The van der Waals surface area contributed by atoms with Crippen LogP contribution in [0.5, 0.6) is 0 Å². The zero-order valence-electron chi connectivity index (χ0n) is 8.97. The van der Waals surface area contributed by atoms with Crippen molar-refractivity contribution in [1.82, 2.24) is 10.3 Å². The Labute approximate surface area is 97.4 Å². The van der Waals surface area contributed by atoms with Crippen molar-refractivity contribution in [2.45, 2.75) is 12.8 Å². The second-order valence-corrected chi connectivity index (χ2v) is 3.71. The van der Waals surface area contributed by atoms with Gasteiger partial charge in [-0.25, -0.2) is 4.98 Å². The summed E-state index contributed by atoms with van der Waals surface area (Å²) < 4.78 is 0. The first-order valence-electron chi connectivity index (χ1n) is 5.22. The molecular formula is C11H11N3O3. The van der Waals surface area contributed by atoms with Crippen molar-refractivity contribution in [3.05, 3.63) is 24.4 Å². The van der Waals surface area contributed by atoms with Crippen LogP contribution >= 0.6 is 0 Å². The monoisotopic (exact) mass is 233 g/mol. The molecule has 1 aromatic heterocycles. The highest BCUT2D eigenvalue weighted by molar-refractivity contribution is 6.11. The summed E-state index contributed by atoms with van der Waals surface area (Å²) in [5, 5.41) is 4.67. The fraction of sp³-hybridized carbons (Fsp3) is 0.273. The lowest BCUT2D eigenvalue weighted by Crippen LogP contribution is -2.45. The van der Waals surface area contributed by atoms with Gasteiger partial charge in [0, 0.05) is 12.6 Å². The van der Waals surface area contributed by atoms with E-state index >= 15 is 0 Å². The zero-order valence-corrected chi connectivity index (χ0v) is 8.97. The molecule has 2 N–H and O–H groups in total. The summed E-state index contributed by atoms with van der Waals surface area (Å²) in [6, 6.07) is 5.08. The Morgan fingerprint density at radius 1 is 1.41 bits per heavy atom. The maximum Gasteiger partial charge on any atom is 0.239 e. The summed E-state index contributed by atoms with van der Waals surface area (Å²) in [5.41, 5.74) is 0. The number of hydrogen-bond acceptors (Lipinski definition) is 4. The fourth-order valence-corrected chi connectivity index (χ4v) is 1.59. The minimum Gasteiger partial charge on any atom is -0.310 e. The Morgan fingerprint density at radius 2 is 2.24 bits per heavy atom. The molecule has 1 aliphatic heterocycles. The number of piperidine rings is 1. The molecule has 88 valence electrons. The Balaban J connectivity index is 2.01. The second-order valence-electron chi connectivity index (χ2n) is 3.71. The zero-order chi connectivity index (χ0) is 12.3. The van der Waals surface area contributed by atoms with Gasteiger partial charge in [-0.1, -0.05) is 6.07 Å². The lowest BCUT2D eigenvalue weighted by molar-refractivity contribution is -0.139. The van der Waals surface area contributed by atoms with Gasteiger partial charge in [0.05, 0.1) is 0 Å². The first kappa shape index (κ1) is 11.3. The Bertz CT molecular complexity index is 458. The average Bonchev–Trinajstić information content (AvgIpc) is 2.30. The fourth-order valence-electron chi connectivity index (χ4n) is 1.59. The highest BCUT2D eigenvalue weighted by Crippen LogP contribution is 2.14. The molecule has 2 heterocycles. The predicted molar refractivity (Wildman–Crippen MR) is 58.7 cm³/mol. The molecule has 0 spiro atoms. The number of nitrogens with one attached hydrogen (secondary N) is 2. The largest absolute Gasteiger partial charge is 0.310 e. The van der Waals surface area contributed by atoms with Gasteiger partial charge in [-0.05, 0) is 18.6 Å². The average molecular weight is 233 g/mol. The van der Waals surface area contributed by atoms with Gasteiger partial charge >= 0.3 is 0 Å². The number of rotatable bonds is 2. The summed E-state index contributed by atoms with van der Waals surface area (Å²) in [4.78, 5) is 38.0. The van der Waals surface area contributed by atoms with Gasteiger partial charge in [-0.3, -0.25) is 19.7 Å². The topological polar surface area (TPSA) is 88.2 Å². The summed E-state index contributed by atoms with van der Waals surface area (Å²) in [5.74, 6) is -1.75. The van der Waals surface area contributed by atoms with E-state index in [1.807, 2.05) is 0 Å². The molecule has 2 rings (SSSR count).